The number of para-hydroxylation sites is 2. The predicted octanol–water partition coefficient (Wildman–Crippen LogP) is 5.21. The number of phenols is 1. The molecule has 4 heterocycles. The summed E-state index contributed by atoms with van der Waals surface area (Å²) in [6.07, 6.45) is 2.73. The highest BCUT2D eigenvalue weighted by Gasteiger charge is 2.37. The lowest BCUT2D eigenvalue weighted by Gasteiger charge is -2.42. The van der Waals surface area contributed by atoms with Crippen molar-refractivity contribution >= 4 is 11.0 Å². The van der Waals surface area contributed by atoms with Gasteiger partial charge in [-0.25, -0.2) is 4.98 Å². The molecule has 0 aliphatic carbocycles. The Balaban J connectivity index is 1.42. The average molecular weight is 484 g/mol. The van der Waals surface area contributed by atoms with Gasteiger partial charge in [-0.15, -0.1) is 0 Å². The molecule has 4 aromatic rings. The number of ether oxygens (including phenoxy) is 3. The molecule has 7 heteroatoms. The van der Waals surface area contributed by atoms with E-state index in [0.29, 0.717) is 12.3 Å². The molecule has 3 aliphatic rings. The number of rotatable bonds is 4. The Bertz CT molecular complexity index is 1510. The van der Waals surface area contributed by atoms with Crippen LogP contribution in [0.2, 0.25) is 0 Å². The van der Waals surface area contributed by atoms with E-state index in [1.165, 1.54) is 11.1 Å². The minimum atomic E-state index is 0.200. The van der Waals surface area contributed by atoms with Crippen LogP contribution < -0.4 is 14.2 Å². The molecule has 3 aromatic carbocycles. The molecule has 0 saturated carbocycles. The predicted molar refractivity (Wildman–Crippen MR) is 137 cm³/mol. The largest absolute Gasteiger partial charge is 0.504 e. The van der Waals surface area contributed by atoms with E-state index in [2.05, 4.69) is 46.7 Å². The lowest BCUT2D eigenvalue weighted by molar-refractivity contribution is 0.158. The first-order valence-electron chi connectivity index (χ1n) is 12.7. The van der Waals surface area contributed by atoms with Gasteiger partial charge in [0.25, 0.3) is 0 Å². The van der Waals surface area contributed by atoms with Crippen LogP contribution in [0.1, 0.15) is 41.6 Å². The molecule has 3 aliphatic heterocycles. The van der Waals surface area contributed by atoms with Crippen molar-refractivity contribution in [3.05, 3.63) is 64.7 Å². The third-order valence-electron chi connectivity index (χ3n) is 7.91. The third-order valence-corrected chi connectivity index (χ3v) is 7.91. The molecule has 0 spiro atoms. The van der Waals surface area contributed by atoms with Gasteiger partial charge in [0.1, 0.15) is 5.82 Å². The number of benzene rings is 3. The molecule has 0 fully saturated rings. The number of aromatic nitrogens is 2. The van der Waals surface area contributed by atoms with Gasteiger partial charge in [-0.1, -0.05) is 19.1 Å². The van der Waals surface area contributed by atoms with Gasteiger partial charge in [0.05, 0.1) is 18.1 Å². The van der Waals surface area contributed by atoms with E-state index < -0.39 is 0 Å². The van der Waals surface area contributed by atoms with Crippen molar-refractivity contribution in [2.75, 3.05) is 20.4 Å². The molecule has 1 unspecified atom stereocenters. The van der Waals surface area contributed by atoms with Gasteiger partial charge in [0.2, 0.25) is 6.79 Å². The van der Waals surface area contributed by atoms with Gasteiger partial charge >= 0.3 is 0 Å². The first-order valence-corrected chi connectivity index (χ1v) is 12.7. The fraction of sp³-hybridized carbons (Fsp3) is 0.345. The second-order valence-corrected chi connectivity index (χ2v) is 9.85. The van der Waals surface area contributed by atoms with Crippen LogP contribution in [0.25, 0.3) is 22.4 Å². The number of fused-ring (bicyclic) bond motifs is 6. The molecule has 1 N–H and O–H groups in total. The summed E-state index contributed by atoms with van der Waals surface area (Å²) in [5, 5.41) is 11.2. The van der Waals surface area contributed by atoms with Gasteiger partial charge in [-0.3, -0.25) is 4.90 Å². The Morgan fingerprint density at radius 3 is 2.78 bits per heavy atom. The smallest absolute Gasteiger partial charge is 0.231 e. The highest BCUT2D eigenvalue weighted by molar-refractivity contribution is 5.82. The molecule has 184 valence electrons. The number of methoxy groups -OCH3 is 1. The van der Waals surface area contributed by atoms with Crippen molar-refractivity contribution in [2.24, 2.45) is 0 Å². The van der Waals surface area contributed by atoms with Crippen molar-refractivity contribution in [2.45, 2.75) is 45.3 Å². The first-order chi connectivity index (χ1) is 17.7. The number of aromatic hydroxyl groups is 1. The third kappa shape index (κ3) is 3.12. The van der Waals surface area contributed by atoms with Crippen molar-refractivity contribution in [1.82, 2.24) is 14.5 Å². The highest BCUT2D eigenvalue weighted by atomic mass is 16.7. The quantitative estimate of drug-likeness (QED) is 0.430. The van der Waals surface area contributed by atoms with Crippen LogP contribution in [0.15, 0.2) is 42.5 Å². The maximum atomic E-state index is 11.2. The second-order valence-electron chi connectivity index (χ2n) is 9.85. The summed E-state index contributed by atoms with van der Waals surface area (Å²) in [5.41, 5.74) is 7.85. The Morgan fingerprint density at radius 2 is 1.94 bits per heavy atom. The van der Waals surface area contributed by atoms with E-state index in [-0.39, 0.29) is 18.6 Å². The summed E-state index contributed by atoms with van der Waals surface area (Å²) < 4.78 is 19.3. The van der Waals surface area contributed by atoms with E-state index in [0.717, 1.165) is 77.4 Å². The zero-order valence-electron chi connectivity index (χ0n) is 20.6. The topological polar surface area (TPSA) is 69.0 Å². The number of nitrogens with zero attached hydrogens (tertiary/aromatic N) is 3. The maximum Gasteiger partial charge on any atom is 0.231 e. The molecular weight excluding hydrogens is 454 g/mol. The number of phenolic OH excluding ortho intramolecular Hbond substituents is 1. The summed E-state index contributed by atoms with van der Waals surface area (Å²) in [6, 6.07) is 14.8. The van der Waals surface area contributed by atoms with Crippen molar-refractivity contribution in [3.8, 4) is 34.4 Å². The Kier molecular flexibility index (Phi) is 4.89. The molecule has 1 atom stereocenters. The summed E-state index contributed by atoms with van der Waals surface area (Å²) in [6.45, 7) is 4.93. The monoisotopic (exact) mass is 483 g/mol. The van der Waals surface area contributed by atoms with E-state index in [1.54, 1.807) is 7.11 Å². The maximum absolute atomic E-state index is 11.2. The van der Waals surface area contributed by atoms with Crippen LogP contribution >= 0.6 is 0 Å². The molecule has 0 amide bonds. The van der Waals surface area contributed by atoms with Crippen LogP contribution in [-0.4, -0.2) is 40.0 Å². The lowest BCUT2D eigenvalue weighted by atomic mass is 9.81. The molecule has 0 saturated heterocycles. The standard InChI is InChI=1S/C29H29N3O4/c1-3-9-32-23-7-5-4-6-22(23)30-29(32)20-14-27(34-2)28(33)21-15-31-10-8-17-11-25-26(36-16-35-25)13-18(17)24(31)12-19(20)21/h4-7,11,13-14,24,33H,3,8-10,12,15-16H2,1-2H3. The average Bonchev–Trinajstić information content (AvgIpc) is 3.51. The molecule has 7 rings (SSSR count). The highest BCUT2D eigenvalue weighted by Crippen LogP contribution is 2.49. The van der Waals surface area contributed by atoms with Crippen molar-refractivity contribution in [3.63, 3.8) is 0 Å². The minimum Gasteiger partial charge on any atom is -0.504 e. The van der Waals surface area contributed by atoms with Crippen LogP contribution in [-0.2, 0) is 25.9 Å². The summed E-state index contributed by atoms with van der Waals surface area (Å²) in [7, 11) is 1.62. The number of imidazole rings is 1. The molecule has 7 nitrogen and oxygen atoms in total. The summed E-state index contributed by atoms with van der Waals surface area (Å²) >= 11 is 0. The van der Waals surface area contributed by atoms with E-state index >= 15 is 0 Å². The van der Waals surface area contributed by atoms with Gasteiger partial charge < -0.3 is 23.9 Å². The minimum absolute atomic E-state index is 0.200. The van der Waals surface area contributed by atoms with E-state index in [4.69, 9.17) is 19.2 Å². The van der Waals surface area contributed by atoms with Crippen LogP contribution in [0, 0.1) is 0 Å². The zero-order chi connectivity index (χ0) is 24.4. The number of aryl methyl sites for hydroxylation is 1. The molecule has 0 bridgehead atoms. The Hall–Kier alpha value is -3.71. The molecule has 0 radical (unpaired) electrons. The van der Waals surface area contributed by atoms with Crippen LogP contribution in [0.4, 0.5) is 0 Å². The Morgan fingerprint density at radius 1 is 1.11 bits per heavy atom. The van der Waals surface area contributed by atoms with Crippen molar-refractivity contribution < 1.29 is 19.3 Å². The van der Waals surface area contributed by atoms with Crippen LogP contribution in [0.5, 0.6) is 23.0 Å². The molecule has 1 aromatic heterocycles. The van der Waals surface area contributed by atoms with Crippen molar-refractivity contribution in [1.29, 1.82) is 0 Å². The molecule has 36 heavy (non-hydrogen) atoms. The Labute approximate surface area is 209 Å². The van der Waals surface area contributed by atoms with E-state index in [9.17, 15) is 5.11 Å². The SMILES string of the molecule is CCCn1c(-c2cc(OC)c(O)c3c2CC2c4cc5c(cc4CCN2C3)OCO5)nc2ccccc21. The van der Waals surface area contributed by atoms with Crippen LogP contribution in [0.3, 0.4) is 0 Å². The van der Waals surface area contributed by atoms with Gasteiger partial charge in [0.15, 0.2) is 23.0 Å². The zero-order valence-corrected chi connectivity index (χ0v) is 20.6. The summed E-state index contributed by atoms with van der Waals surface area (Å²) in [5.74, 6) is 3.34. The second kappa shape index (κ2) is 8.17. The lowest BCUT2D eigenvalue weighted by Crippen LogP contribution is -2.39. The fourth-order valence-electron chi connectivity index (χ4n) is 6.20. The number of hydrogen-bond acceptors (Lipinski definition) is 6. The normalized spacial score (nSPS) is 18.1. The van der Waals surface area contributed by atoms with Gasteiger partial charge in [-0.2, -0.15) is 0 Å². The fourth-order valence-corrected chi connectivity index (χ4v) is 6.20. The van der Waals surface area contributed by atoms with Gasteiger partial charge in [-0.05, 0) is 66.3 Å². The number of hydrogen-bond donors (Lipinski definition) is 1. The van der Waals surface area contributed by atoms with E-state index in [1.807, 2.05) is 12.1 Å². The summed E-state index contributed by atoms with van der Waals surface area (Å²) in [4.78, 5) is 7.55. The van der Waals surface area contributed by atoms with Gasteiger partial charge in [0, 0.05) is 36.8 Å². The first kappa shape index (κ1) is 21.6. The molecular formula is C29H29N3O4.